The number of hydrogen-bond acceptors (Lipinski definition) is 4. The first-order valence-electron chi connectivity index (χ1n) is 7.95. The van der Waals surface area contributed by atoms with E-state index in [9.17, 15) is 31.5 Å². The maximum Gasteiger partial charge on any atom is 0.387 e. The van der Waals surface area contributed by atoms with Gasteiger partial charge in [0.15, 0.2) is 29.0 Å². The molecule has 0 aliphatic carbocycles. The molecular weight excluding hydrogens is 403 g/mol. The summed E-state index contributed by atoms with van der Waals surface area (Å²) in [5.74, 6) is -6.72. The summed E-state index contributed by atoms with van der Waals surface area (Å²) < 4.78 is 73.6. The summed E-state index contributed by atoms with van der Waals surface area (Å²) >= 11 is 0. The van der Waals surface area contributed by atoms with Gasteiger partial charge in [0.2, 0.25) is 5.91 Å². The summed E-state index contributed by atoms with van der Waals surface area (Å²) in [6.07, 6.45) is 0. The van der Waals surface area contributed by atoms with Crippen LogP contribution in [0.5, 0.6) is 11.5 Å². The zero-order chi connectivity index (χ0) is 21.7. The Balaban J connectivity index is 2.08. The molecule has 0 radical (unpaired) electrons. The molecule has 0 saturated heterocycles. The average molecular weight is 418 g/mol. The van der Waals surface area contributed by atoms with E-state index in [-0.39, 0.29) is 17.1 Å². The minimum atomic E-state index is -3.09. The van der Waals surface area contributed by atoms with Crippen molar-refractivity contribution in [2.75, 3.05) is 26.0 Å². The van der Waals surface area contributed by atoms with Crippen LogP contribution in [0.4, 0.5) is 27.6 Å². The number of alkyl halides is 2. The molecule has 1 N–H and O–H groups in total. The SMILES string of the molecule is COc1cc(C(=O)N(C)CC(=O)Nc2ccc(F)c(F)c2F)ccc1OC(F)F. The number of ether oxygens (including phenoxy) is 2. The fourth-order valence-electron chi connectivity index (χ4n) is 2.31. The van der Waals surface area contributed by atoms with Gasteiger partial charge in [0.05, 0.1) is 19.3 Å². The number of nitrogens with one attached hydrogen (secondary N) is 1. The van der Waals surface area contributed by atoms with Crippen LogP contribution < -0.4 is 14.8 Å². The number of halogens is 5. The lowest BCUT2D eigenvalue weighted by molar-refractivity contribution is -0.116. The summed E-state index contributed by atoms with van der Waals surface area (Å²) in [5, 5.41) is 2.03. The van der Waals surface area contributed by atoms with E-state index in [0.717, 1.165) is 23.1 Å². The van der Waals surface area contributed by atoms with E-state index in [1.165, 1.54) is 20.2 Å². The Kier molecular flexibility index (Phi) is 6.97. The summed E-state index contributed by atoms with van der Waals surface area (Å²) in [7, 11) is 2.44. The number of anilines is 1. The van der Waals surface area contributed by atoms with Gasteiger partial charge in [0.1, 0.15) is 0 Å². The van der Waals surface area contributed by atoms with Crippen molar-refractivity contribution in [1.29, 1.82) is 0 Å². The van der Waals surface area contributed by atoms with Crippen molar-refractivity contribution in [2.24, 2.45) is 0 Å². The van der Waals surface area contributed by atoms with E-state index in [1.807, 2.05) is 5.32 Å². The molecule has 0 atom stereocenters. The van der Waals surface area contributed by atoms with Gasteiger partial charge in [-0.3, -0.25) is 9.59 Å². The van der Waals surface area contributed by atoms with Crippen LogP contribution in [-0.2, 0) is 4.79 Å². The maximum atomic E-state index is 13.6. The normalized spacial score (nSPS) is 10.6. The number of benzene rings is 2. The molecule has 0 aliphatic rings. The van der Waals surface area contributed by atoms with Gasteiger partial charge < -0.3 is 19.7 Å². The van der Waals surface area contributed by atoms with Crippen LogP contribution in [0.2, 0.25) is 0 Å². The Labute approximate surface area is 161 Å². The second-order valence-corrected chi connectivity index (χ2v) is 5.68. The maximum absolute atomic E-state index is 13.6. The van der Waals surface area contributed by atoms with Crippen LogP contribution in [0, 0.1) is 17.5 Å². The Morgan fingerprint density at radius 1 is 1.07 bits per heavy atom. The number of hydrogen-bond donors (Lipinski definition) is 1. The zero-order valence-electron chi connectivity index (χ0n) is 15.1. The molecule has 2 rings (SSSR count). The molecule has 2 aromatic rings. The van der Waals surface area contributed by atoms with Crippen molar-refractivity contribution in [3.8, 4) is 11.5 Å². The second-order valence-electron chi connectivity index (χ2n) is 5.68. The van der Waals surface area contributed by atoms with E-state index in [2.05, 4.69) is 4.74 Å². The smallest absolute Gasteiger partial charge is 0.387 e. The zero-order valence-corrected chi connectivity index (χ0v) is 15.1. The molecule has 11 heteroatoms. The topological polar surface area (TPSA) is 67.9 Å². The number of likely N-dealkylation sites (N-methyl/N-ethyl adjacent to an activating group) is 1. The third kappa shape index (κ3) is 5.33. The van der Waals surface area contributed by atoms with Gasteiger partial charge >= 0.3 is 6.61 Å². The van der Waals surface area contributed by atoms with E-state index >= 15 is 0 Å². The third-order valence-electron chi connectivity index (χ3n) is 3.66. The Hall–Kier alpha value is -3.37. The summed E-state index contributed by atoms with van der Waals surface area (Å²) in [4.78, 5) is 25.3. The van der Waals surface area contributed by atoms with Crippen molar-refractivity contribution in [1.82, 2.24) is 4.90 Å². The largest absolute Gasteiger partial charge is 0.493 e. The van der Waals surface area contributed by atoms with Gasteiger partial charge in [-0.2, -0.15) is 8.78 Å². The Morgan fingerprint density at radius 3 is 2.38 bits per heavy atom. The molecule has 0 spiro atoms. The van der Waals surface area contributed by atoms with Crippen molar-refractivity contribution >= 4 is 17.5 Å². The fraction of sp³-hybridized carbons (Fsp3) is 0.222. The first-order chi connectivity index (χ1) is 13.6. The van der Waals surface area contributed by atoms with E-state index in [1.54, 1.807) is 0 Å². The highest BCUT2D eigenvalue weighted by atomic mass is 19.3. The van der Waals surface area contributed by atoms with Gasteiger partial charge in [-0.05, 0) is 30.3 Å². The van der Waals surface area contributed by atoms with Gasteiger partial charge in [-0.25, -0.2) is 13.2 Å². The van der Waals surface area contributed by atoms with Crippen LogP contribution in [0.25, 0.3) is 0 Å². The molecule has 0 aromatic heterocycles. The molecule has 2 aromatic carbocycles. The van der Waals surface area contributed by atoms with Gasteiger partial charge in [0.25, 0.3) is 5.91 Å². The van der Waals surface area contributed by atoms with Crippen LogP contribution in [0.3, 0.4) is 0 Å². The van der Waals surface area contributed by atoms with Crippen molar-refractivity contribution in [3.63, 3.8) is 0 Å². The van der Waals surface area contributed by atoms with Crippen molar-refractivity contribution in [2.45, 2.75) is 6.61 Å². The van der Waals surface area contributed by atoms with Gasteiger partial charge in [0, 0.05) is 12.6 Å². The lowest BCUT2D eigenvalue weighted by atomic mass is 10.1. The Morgan fingerprint density at radius 2 is 1.76 bits per heavy atom. The van der Waals surface area contributed by atoms with Crippen LogP contribution >= 0.6 is 0 Å². The van der Waals surface area contributed by atoms with E-state index < -0.39 is 48.1 Å². The molecule has 6 nitrogen and oxygen atoms in total. The molecular formula is C18H15F5N2O4. The number of amides is 2. The summed E-state index contributed by atoms with van der Waals surface area (Å²) in [6, 6.07) is 4.90. The molecule has 156 valence electrons. The standard InChI is InChI=1S/C18H15F5N2O4/c1-25(8-14(26)24-11-5-4-10(19)15(20)16(11)21)17(27)9-3-6-12(29-18(22)23)13(7-9)28-2/h3-7,18H,8H2,1-2H3,(H,24,26). The molecule has 0 unspecified atom stereocenters. The fourth-order valence-corrected chi connectivity index (χ4v) is 2.31. The predicted octanol–water partition coefficient (Wildman–Crippen LogP) is 3.42. The monoisotopic (exact) mass is 418 g/mol. The van der Waals surface area contributed by atoms with Crippen LogP contribution in [0.15, 0.2) is 30.3 Å². The number of nitrogens with zero attached hydrogens (tertiary/aromatic N) is 1. The van der Waals surface area contributed by atoms with Gasteiger partial charge in [-0.15, -0.1) is 0 Å². The second kappa shape index (κ2) is 9.22. The minimum Gasteiger partial charge on any atom is -0.493 e. The predicted molar refractivity (Wildman–Crippen MR) is 91.5 cm³/mol. The lowest BCUT2D eigenvalue weighted by Gasteiger charge is -2.18. The van der Waals surface area contributed by atoms with Crippen molar-refractivity contribution in [3.05, 3.63) is 53.3 Å². The summed E-state index contributed by atoms with van der Waals surface area (Å²) in [5.41, 5.74) is -0.595. The number of methoxy groups -OCH3 is 1. The average Bonchev–Trinajstić information content (AvgIpc) is 2.67. The van der Waals surface area contributed by atoms with Crippen molar-refractivity contribution < 1.29 is 41.0 Å². The van der Waals surface area contributed by atoms with E-state index in [4.69, 9.17) is 4.74 Å². The Bertz CT molecular complexity index is 923. The van der Waals surface area contributed by atoms with Gasteiger partial charge in [-0.1, -0.05) is 0 Å². The van der Waals surface area contributed by atoms with Crippen LogP contribution in [0.1, 0.15) is 10.4 Å². The van der Waals surface area contributed by atoms with E-state index in [0.29, 0.717) is 6.07 Å². The molecule has 0 heterocycles. The highest BCUT2D eigenvalue weighted by Crippen LogP contribution is 2.29. The molecule has 0 aliphatic heterocycles. The first kappa shape index (κ1) is 21.9. The highest BCUT2D eigenvalue weighted by Gasteiger charge is 2.20. The first-order valence-corrected chi connectivity index (χ1v) is 7.95. The highest BCUT2D eigenvalue weighted by molar-refractivity contribution is 5.99. The number of carbonyl (C=O) groups excluding carboxylic acids is 2. The summed E-state index contributed by atoms with van der Waals surface area (Å²) in [6.45, 7) is -3.65. The van der Waals surface area contributed by atoms with Crippen LogP contribution in [-0.4, -0.2) is 44.0 Å². The quantitative estimate of drug-likeness (QED) is 0.553. The number of rotatable bonds is 7. The molecule has 29 heavy (non-hydrogen) atoms. The lowest BCUT2D eigenvalue weighted by Crippen LogP contribution is -2.35. The number of carbonyl (C=O) groups is 2. The molecule has 0 saturated carbocycles. The third-order valence-corrected chi connectivity index (χ3v) is 3.66. The minimum absolute atomic E-state index is 0.00206. The molecule has 2 amide bonds. The molecule has 0 bridgehead atoms. The molecule has 0 fully saturated rings.